The number of carboxylic acids is 1. The molecule has 11 nitrogen and oxygen atoms in total. The second kappa shape index (κ2) is 12.2. The number of carbonyl (C=O) groups is 4. The van der Waals surface area contributed by atoms with Crippen LogP contribution in [0.1, 0.15) is 12.2 Å². The van der Waals surface area contributed by atoms with E-state index in [4.69, 9.17) is 5.11 Å². The van der Waals surface area contributed by atoms with Gasteiger partial charge in [0.15, 0.2) is 23.2 Å². The quantitative estimate of drug-likeness (QED) is 0.311. The van der Waals surface area contributed by atoms with Crippen molar-refractivity contribution in [3.05, 3.63) is 53.6 Å². The van der Waals surface area contributed by atoms with Gasteiger partial charge >= 0.3 is 5.97 Å². The van der Waals surface area contributed by atoms with Crippen molar-refractivity contribution in [3.8, 4) is 5.75 Å². The number of nitrogens with one attached hydrogen (secondary N) is 1. The molecule has 1 aliphatic rings. The summed E-state index contributed by atoms with van der Waals surface area (Å²) in [7, 11) is 0. The van der Waals surface area contributed by atoms with Crippen molar-refractivity contribution in [2.24, 2.45) is 0 Å². The Labute approximate surface area is 207 Å². The van der Waals surface area contributed by atoms with Crippen LogP contribution >= 0.6 is 0 Å². The van der Waals surface area contributed by atoms with Crippen molar-refractivity contribution in [3.63, 3.8) is 0 Å². The molecule has 0 bridgehead atoms. The highest BCUT2D eigenvalue weighted by Crippen LogP contribution is 2.26. The Hall–Kier alpha value is -4.14. The summed E-state index contributed by atoms with van der Waals surface area (Å²) in [5.74, 6) is -12.1. The van der Waals surface area contributed by atoms with Crippen LogP contribution in [0.25, 0.3) is 0 Å². The molecular formula is C22H21F4N5O6. The number of hydrogen-bond acceptors (Lipinski definition) is 8. The molecule has 0 aliphatic carbocycles. The monoisotopic (exact) mass is 527 g/mol. The molecule has 198 valence electrons. The van der Waals surface area contributed by atoms with Gasteiger partial charge in [0.05, 0.1) is 26.1 Å². The molecule has 0 spiro atoms. The minimum atomic E-state index is -1.88. The van der Waals surface area contributed by atoms with E-state index in [-0.39, 0.29) is 44.7 Å². The van der Waals surface area contributed by atoms with Crippen LogP contribution in [0.15, 0.2) is 24.5 Å². The van der Waals surface area contributed by atoms with Crippen LogP contribution in [0.3, 0.4) is 0 Å². The predicted molar refractivity (Wildman–Crippen MR) is 115 cm³/mol. The zero-order chi connectivity index (χ0) is 27.1. The first-order valence-corrected chi connectivity index (χ1v) is 10.8. The van der Waals surface area contributed by atoms with Gasteiger partial charge in [0.25, 0.3) is 0 Å². The first-order valence-electron chi connectivity index (χ1n) is 10.8. The SMILES string of the molecule is O=C(O)CC(NC(=O)CN1CCN(Cc2ncccn2)C(=O)C1)C(=O)COc1c(F)c(F)cc(F)c1F. The molecule has 2 heterocycles. The lowest BCUT2D eigenvalue weighted by Gasteiger charge is -2.33. The van der Waals surface area contributed by atoms with Crippen LogP contribution in [-0.4, -0.2) is 87.3 Å². The number of hydrogen-bond donors (Lipinski definition) is 2. The van der Waals surface area contributed by atoms with E-state index in [1.54, 1.807) is 6.07 Å². The van der Waals surface area contributed by atoms with Gasteiger partial charge in [0.1, 0.15) is 18.5 Å². The number of benzene rings is 1. The Morgan fingerprint density at radius 2 is 1.73 bits per heavy atom. The number of Topliss-reactive ketones (excluding diaryl/α,β-unsaturated/α-hetero) is 1. The van der Waals surface area contributed by atoms with E-state index in [1.165, 1.54) is 22.2 Å². The number of halogens is 4. The molecule has 0 radical (unpaired) electrons. The van der Waals surface area contributed by atoms with Gasteiger partial charge in [-0.15, -0.1) is 0 Å². The lowest BCUT2D eigenvalue weighted by molar-refractivity contribution is -0.140. The topological polar surface area (TPSA) is 142 Å². The summed E-state index contributed by atoms with van der Waals surface area (Å²) in [4.78, 5) is 59.5. The number of ether oxygens (including phenoxy) is 1. The molecule has 0 saturated carbocycles. The molecule has 1 unspecified atom stereocenters. The van der Waals surface area contributed by atoms with Crippen molar-refractivity contribution in [2.45, 2.75) is 19.0 Å². The lowest BCUT2D eigenvalue weighted by Crippen LogP contribution is -2.54. The van der Waals surface area contributed by atoms with E-state index in [0.717, 1.165) is 0 Å². The van der Waals surface area contributed by atoms with E-state index in [2.05, 4.69) is 20.0 Å². The maximum absolute atomic E-state index is 13.7. The number of aromatic nitrogens is 2. The second-order valence-electron chi connectivity index (χ2n) is 7.96. The molecule has 1 fully saturated rings. The summed E-state index contributed by atoms with van der Waals surface area (Å²) in [5.41, 5.74) is 0. The van der Waals surface area contributed by atoms with E-state index in [9.17, 15) is 36.7 Å². The van der Waals surface area contributed by atoms with Gasteiger partial charge in [-0.05, 0) is 6.07 Å². The predicted octanol–water partition coefficient (Wildman–Crippen LogP) is 0.285. The maximum atomic E-state index is 13.7. The van der Waals surface area contributed by atoms with Crippen molar-refractivity contribution in [1.82, 2.24) is 25.1 Å². The van der Waals surface area contributed by atoms with Crippen molar-refractivity contribution in [1.29, 1.82) is 0 Å². The lowest BCUT2D eigenvalue weighted by atomic mass is 10.1. The van der Waals surface area contributed by atoms with Crippen LogP contribution < -0.4 is 10.1 Å². The van der Waals surface area contributed by atoms with Crippen LogP contribution in [0.4, 0.5) is 17.6 Å². The Morgan fingerprint density at radius 3 is 2.32 bits per heavy atom. The highest BCUT2D eigenvalue weighted by atomic mass is 19.2. The molecule has 37 heavy (non-hydrogen) atoms. The zero-order valence-electron chi connectivity index (χ0n) is 19.1. The van der Waals surface area contributed by atoms with E-state index in [0.29, 0.717) is 5.82 Å². The zero-order valence-corrected chi connectivity index (χ0v) is 19.1. The summed E-state index contributed by atoms with van der Waals surface area (Å²) in [5, 5.41) is 11.2. The number of carboxylic acid groups (broad SMARTS) is 1. The average molecular weight is 527 g/mol. The highest BCUT2D eigenvalue weighted by molar-refractivity contribution is 5.93. The van der Waals surface area contributed by atoms with Crippen LogP contribution in [-0.2, 0) is 25.7 Å². The standard InChI is InChI=1S/C22H21F4N5O6/c23-12-6-13(24)21(26)22(20(12)25)37-11-15(32)14(7-19(35)36)29-17(33)9-30-4-5-31(18(34)10-30)8-16-27-2-1-3-28-16/h1-3,6,14H,4-5,7-11H2,(H,29,33)(H,35,36). The minimum Gasteiger partial charge on any atom is -0.481 e. The molecular weight excluding hydrogens is 506 g/mol. The third-order valence-corrected chi connectivity index (χ3v) is 5.25. The van der Waals surface area contributed by atoms with Crippen molar-refractivity contribution < 1.29 is 46.6 Å². The summed E-state index contributed by atoms with van der Waals surface area (Å²) in [6.07, 6.45) is 2.17. The number of carbonyl (C=O) groups excluding carboxylic acids is 3. The fraction of sp³-hybridized carbons (Fsp3) is 0.364. The summed E-state index contributed by atoms with van der Waals surface area (Å²) < 4.78 is 58.6. The van der Waals surface area contributed by atoms with Crippen LogP contribution in [0, 0.1) is 23.3 Å². The van der Waals surface area contributed by atoms with Gasteiger partial charge in [-0.2, -0.15) is 8.78 Å². The first-order chi connectivity index (χ1) is 17.5. The number of ketones is 1. The molecule has 2 aromatic rings. The summed E-state index contributed by atoms with van der Waals surface area (Å²) >= 11 is 0. The molecule has 3 rings (SSSR count). The van der Waals surface area contributed by atoms with Gasteiger partial charge in [-0.25, -0.2) is 18.7 Å². The smallest absolute Gasteiger partial charge is 0.305 e. The normalized spacial score (nSPS) is 14.8. The Balaban J connectivity index is 1.55. The molecule has 1 aromatic heterocycles. The van der Waals surface area contributed by atoms with Crippen molar-refractivity contribution >= 4 is 23.6 Å². The molecule has 2 amide bonds. The van der Waals surface area contributed by atoms with Gasteiger partial charge in [0.2, 0.25) is 23.4 Å². The Kier molecular flexibility index (Phi) is 9.05. The number of piperazine rings is 1. The van der Waals surface area contributed by atoms with Crippen LogP contribution in [0.2, 0.25) is 0 Å². The third kappa shape index (κ3) is 7.42. The molecule has 1 aliphatic heterocycles. The summed E-state index contributed by atoms with van der Waals surface area (Å²) in [6.45, 7) is -0.943. The van der Waals surface area contributed by atoms with E-state index < -0.39 is 65.7 Å². The molecule has 1 atom stereocenters. The summed E-state index contributed by atoms with van der Waals surface area (Å²) in [6, 6.07) is -0.0946. The van der Waals surface area contributed by atoms with E-state index >= 15 is 0 Å². The molecule has 15 heteroatoms. The number of nitrogens with zero attached hydrogens (tertiary/aromatic N) is 4. The maximum Gasteiger partial charge on any atom is 0.305 e. The van der Waals surface area contributed by atoms with Gasteiger partial charge in [-0.3, -0.25) is 24.1 Å². The van der Waals surface area contributed by atoms with Gasteiger partial charge < -0.3 is 20.1 Å². The largest absolute Gasteiger partial charge is 0.481 e. The number of aliphatic carboxylic acids is 1. The van der Waals surface area contributed by atoms with Gasteiger partial charge in [0, 0.05) is 31.5 Å². The molecule has 1 aromatic carbocycles. The first kappa shape index (κ1) is 27.4. The number of rotatable bonds is 11. The molecule has 2 N–H and O–H groups in total. The minimum absolute atomic E-state index is 0.0488. The second-order valence-corrected chi connectivity index (χ2v) is 7.96. The van der Waals surface area contributed by atoms with Crippen LogP contribution in [0.5, 0.6) is 5.75 Å². The third-order valence-electron chi connectivity index (χ3n) is 5.25. The Bertz CT molecular complexity index is 1160. The average Bonchev–Trinajstić information content (AvgIpc) is 2.84. The van der Waals surface area contributed by atoms with Gasteiger partial charge in [-0.1, -0.05) is 0 Å². The molecule has 1 saturated heterocycles. The fourth-order valence-corrected chi connectivity index (χ4v) is 3.43. The fourth-order valence-electron chi connectivity index (χ4n) is 3.43. The number of amides is 2. The van der Waals surface area contributed by atoms with Crippen molar-refractivity contribution in [2.75, 3.05) is 32.8 Å². The highest BCUT2D eigenvalue weighted by Gasteiger charge is 2.29. The Morgan fingerprint density at radius 1 is 1.08 bits per heavy atom. The van der Waals surface area contributed by atoms with E-state index in [1.807, 2.05) is 0 Å².